The van der Waals surface area contributed by atoms with Gasteiger partial charge < -0.3 is 0 Å². The fourth-order valence-electron chi connectivity index (χ4n) is 1.96. The smallest absolute Gasteiger partial charge is 0.257 e. The van der Waals surface area contributed by atoms with Crippen molar-refractivity contribution < 1.29 is 10.0 Å². The van der Waals surface area contributed by atoms with Gasteiger partial charge >= 0.3 is 0 Å². The highest BCUT2D eigenvalue weighted by Gasteiger charge is 2.24. The standard InChI is InChI=1S/C15H15NO2/c1-16(18)15(17)14(12-8-4-2-5-9-12)13-10-6-3-7-11-13/h2-11,14,18H,1H3. The van der Waals surface area contributed by atoms with Crippen LogP contribution in [0.2, 0.25) is 0 Å². The Kier molecular flexibility index (Phi) is 3.75. The van der Waals surface area contributed by atoms with Crippen molar-refractivity contribution in [2.24, 2.45) is 0 Å². The van der Waals surface area contributed by atoms with Crippen molar-refractivity contribution in [3.63, 3.8) is 0 Å². The van der Waals surface area contributed by atoms with Crippen molar-refractivity contribution in [1.82, 2.24) is 5.06 Å². The van der Waals surface area contributed by atoms with E-state index in [4.69, 9.17) is 0 Å². The van der Waals surface area contributed by atoms with Gasteiger partial charge in [0.05, 0.1) is 5.92 Å². The highest BCUT2D eigenvalue weighted by atomic mass is 16.5. The first kappa shape index (κ1) is 12.3. The number of hydrogen-bond acceptors (Lipinski definition) is 2. The average molecular weight is 241 g/mol. The van der Waals surface area contributed by atoms with Crippen LogP contribution in [-0.4, -0.2) is 23.2 Å². The molecule has 0 heterocycles. The molecule has 2 aromatic carbocycles. The molecule has 0 aliphatic carbocycles. The van der Waals surface area contributed by atoms with Crippen molar-refractivity contribution in [2.75, 3.05) is 7.05 Å². The van der Waals surface area contributed by atoms with Gasteiger partial charge in [-0.05, 0) is 11.1 Å². The van der Waals surface area contributed by atoms with Gasteiger partial charge in [-0.2, -0.15) is 0 Å². The summed E-state index contributed by atoms with van der Waals surface area (Å²) in [5.41, 5.74) is 1.74. The molecule has 0 saturated heterocycles. The zero-order chi connectivity index (χ0) is 13.0. The summed E-state index contributed by atoms with van der Waals surface area (Å²) in [6.45, 7) is 0. The van der Waals surface area contributed by atoms with Crippen LogP contribution in [0.3, 0.4) is 0 Å². The average Bonchev–Trinajstić information content (AvgIpc) is 2.41. The number of carbonyl (C=O) groups excluding carboxylic acids is 1. The van der Waals surface area contributed by atoms with Crippen molar-refractivity contribution >= 4 is 5.91 Å². The predicted octanol–water partition coefficient (Wildman–Crippen LogP) is 2.67. The number of benzene rings is 2. The second kappa shape index (κ2) is 5.47. The fourth-order valence-corrected chi connectivity index (χ4v) is 1.96. The second-order valence-electron chi connectivity index (χ2n) is 4.12. The van der Waals surface area contributed by atoms with Crippen LogP contribution >= 0.6 is 0 Å². The lowest BCUT2D eigenvalue weighted by Gasteiger charge is -2.20. The number of nitrogens with zero attached hydrogens (tertiary/aromatic N) is 1. The molecule has 3 nitrogen and oxygen atoms in total. The van der Waals surface area contributed by atoms with E-state index < -0.39 is 5.92 Å². The molecule has 0 atom stereocenters. The van der Waals surface area contributed by atoms with E-state index in [1.165, 1.54) is 7.05 Å². The lowest BCUT2D eigenvalue weighted by molar-refractivity contribution is -0.160. The number of amides is 1. The van der Waals surface area contributed by atoms with Crippen LogP contribution in [0.4, 0.5) is 0 Å². The first-order chi connectivity index (χ1) is 8.70. The Bertz CT molecular complexity index is 469. The van der Waals surface area contributed by atoms with E-state index in [9.17, 15) is 10.0 Å². The van der Waals surface area contributed by atoms with Gasteiger partial charge in [-0.15, -0.1) is 0 Å². The SMILES string of the molecule is CN(O)C(=O)C(c1ccccc1)c1ccccc1. The summed E-state index contributed by atoms with van der Waals surface area (Å²) in [5.74, 6) is -0.810. The Morgan fingerprint density at radius 2 is 1.33 bits per heavy atom. The summed E-state index contributed by atoms with van der Waals surface area (Å²) >= 11 is 0. The Hall–Kier alpha value is -2.13. The zero-order valence-electron chi connectivity index (χ0n) is 10.2. The van der Waals surface area contributed by atoms with Gasteiger partial charge in [0.25, 0.3) is 5.91 Å². The van der Waals surface area contributed by atoms with E-state index in [0.717, 1.165) is 11.1 Å². The van der Waals surface area contributed by atoms with Gasteiger partial charge in [0.1, 0.15) is 0 Å². The van der Waals surface area contributed by atoms with E-state index in [0.29, 0.717) is 5.06 Å². The van der Waals surface area contributed by atoms with E-state index in [2.05, 4.69) is 0 Å². The molecule has 0 aromatic heterocycles. The number of hydroxylamine groups is 2. The van der Waals surface area contributed by atoms with E-state index in [-0.39, 0.29) is 5.91 Å². The van der Waals surface area contributed by atoms with Crippen LogP contribution in [0.5, 0.6) is 0 Å². The summed E-state index contributed by atoms with van der Waals surface area (Å²) in [4.78, 5) is 12.1. The molecule has 92 valence electrons. The molecule has 0 bridgehead atoms. The van der Waals surface area contributed by atoms with Crippen molar-refractivity contribution in [3.05, 3.63) is 71.8 Å². The molecule has 2 rings (SSSR count). The molecule has 0 radical (unpaired) electrons. The first-order valence-corrected chi connectivity index (χ1v) is 5.76. The van der Waals surface area contributed by atoms with Crippen molar-refractivity contribution in [1.29, 1.82) is 0 Å². The molecule has 1 N–H and O–H groups in total. The highest BCUT2D eigenvalue weighted by Crippen LogP contribution is 2.25. The van der Waals surface area contributed by atoms with Crippen LogP contribution in [0.15, 0.2) is 60.7 Å². The van der Waals surface area contributed by atoms with E-state index in [1.54, 1.807) is 0 Å². The second-order valence-corrected chi connectivity index (χ2v) is 4.12. The van der Waals surface area contributed by atoms with Gasteiger partial charge in [-0.3, -0.25) is 10.0 Å². The molecule has 0 aliphatic heterocycles. The summed E-state index contributed by atoms with van der Waals surface area (Å²) in [6.07, 6.45) is 0. The summed E-state index contributed by atoms with van der Waals surface area (Å²) in [7, 11) is 1.35. The summed E-state index contributed by atoms with van der Waals surface area (Å²) < 4.78 is 0. The van der Waals surface area contributed by atoms with Crippen LogP contribution < -0.4 is 0 Å². The largest absolute Gasteiger partial charge is 0.286 e. The number of rotatable bonds is 3. The van der Waals surface area contributed by atoms with Gasteiger partial charge in [0.2, 0.25) is 0 Å². The maximum absolute atomic E-state index is 12.1. The molecule has 2 aromatic rings. The first-order valence-electron chi connectivity index (χ1n) is 5.76. The molecule has 0 aliphatic rings. The molecule has 0 saturated carbocycles. The monoisotopic (exact) mass is 241 g/mol. The van der Waals surface area contributed by atoms with Crippen LogP contribution in [-0.2, 0) is 4.79 Å². The van der Waals surface area contributed by atoms with E-state index >= 15 is 0 Å². The third-order valence-electron chi connectivity index (χ3n) is 2.83. The number of carbonyl (C=O) groups is 1. The Labute approximate surface area is 106 Å². The quantitative estimate of drug-likeness (QED) is 0.663. The Morgan fingerprint density at radius 3 is 1.67 bits per heavy atom. The molecule has 0 spiro atoms. The van der Waals surface area contributed by atoms with Crippen molar-refractivity contribution in [3.8, 4) is 0 Å². The predicted molar refractivity (Wildman–Crippen MR) is 69.3 cm³/mol. The molecular formula is C15H15NO2. The van der Waals surface area contributed by atoms with Crippen LogP contribution in [0, 0.1) is 0 Å². The fraction of sp³-hybridized carbons (Fsp3) is 0.133. The molecule has 0 fully saturated rings. The van der Waals surface area contributed by atoms with Gasteiger partial charge in [0, 0.05) is 7.05 Å². The maximum atomic E-state index is 12.1. The molecule has 0 unspecified atom stereocenters. The maximum Gasteiger partial charge on any atom is 0.257 e. The van der Waals surface area contributed by atoms with Gasteiger partial charge in [-0.1, -0.05) is 60.7 Å². The molecule has 1 amide bonds. The summed E-state index contributed by atoms with van der Waals surface area (Å²) in [5, 5.41) is 10.0. The topological polar surface area (TPSA) is 40.5 Å². The minimum absolute atomic E-state index is 0.340. The Morgan fingerprint density at radius 1 is 0.944 bits per heavy atom. The van der Waals surface area contributed by atoms with Crippen molar-refractivity contribution in [2.45, 2.75) is 5.92 Å². The third-order valence-corrected chi connectivity index (χ3v) is 2.83. The van der Waals surface area contributed by atoms with Gasteiger partial charge in [0.15, 0.2) is 0 Å². The lowest BCUT2D eigenvalue weighted by atomic mass is 9.90. The highest BCUT2D eigenvalue weighted by molar-refractivity contribution is 5.86. The summed E-state index contributed by atoms with van der Waals surface area (Å²) in [6, 6.07) is 18.9. The molecular weight excluding hydrogens is 226 g/mol. The lowest BCUT2D eigenvalue weighted by Crippen LogP contribution is -2.29. The zero-order valence-corrected chi connectivity index (χ0v) is 10.2. The van der Waals surface area contributed by atoms with Crippen LogP contribution in [0.1, 0.15) is 17.0 Å². The van der Waals surface area contributed by atoms with Gasteiger partial charge in [-0.25, -0.2) is 5.06 Å². The number of likely N-dealkylation sites (N-methyl/N-ethyl adjacent to an activating group) is 1. The third kappa shape index (κ3) is 2.57. The molecule has 18 heavy (non-hydrogen) atoms. The minimum atomic E-state index is -0.470. The minimum Gasteiger partial charge on any atom is -0.286 e. The van der Waals surface area contributed by atoms with E-state index in [1.807, 2.05) is 60.7 Å². The molecule has 3 heteroatoms. The normalized spacial score (nSPS) is 10.4. The Balaban J connectivity index is 2.45. The number of hydrogen-bond donors (Lipinski definition) is 1. The van der Waals surface area contributed by atoms with Crippen LogP contribution in [0.25, 0.3) is 0 Å².